The van der Waals surface area contributed by atoms with Crippen molar-refractivity contribution in [1.82, 2.24) is 4.90 Å². The standard InChI is InChI=1S/C19H23NO2/c1-4-15-8-10-16(11-9-15)13-20(2)19(21)18-7-5-6-17(12-18)14-22-3/h5-12H,4,13-14H2,1-3H3. The van der Waals surface area contributed by atoms with Gasteiger partial charge in [0.2, 0.25) is 0 Å². The van der Waals surface area contributed by atoms with Gasteiger partial charge in [0.05, 0.1) is 6.61 Å². The third kappa shape index (κ3) is 4.18. The average Bonchev–Trinajstić information content (AvgIpc) is 2.55. The molecule has 0 aliphatic heterocycles. The number of carbonyl (C=O) groups is 1. The summed E-state index contributed by atoms with van der Waals surface area (Å²) in [5.41, 5.74) is 4.15. The Morgan fingerprint density at radius 1 is 1.05 bits per heavy atom. The molecule has 3 nitrogen and oxygen atoms in total. The molecule has 0 saturated heterocycles. The van der Waals surface area contributed by atoms with Crippen LogP contribution in [0.2, 0.25) is 0 Å². The van der Waals surface area contributed by atoms with Gasteiger partial charge in [-0.2, -0.15) is 0 Å². The Morgan fingerprint density at radius 2 is 1.73 bits per heavy atom. The molecule has 0 aliphatic rings. The molecule has 3 heteroatoms. The molecule has 0 radical (unpaired) electrons. The van der Waals surface area contributed by atoms with Crippen molar-refractivity contribution in [3.63, 3.8) is 0 Å². The average molecular weight is 297 g/mol. The molecule has 0 bridgehead atoms. The van der Waals surface area contributed by atoms with E-state index in [0.717, 1.165) is 17.5 Å². The Hall–Kier alpha value is -2.13. The molecule has 2 aromatic rings. The van der Waals surface area contributed by atoms with Gasteiger partial charge in [-0.1, -0.05) is 43.3 Å². The van der Waals surface area contributed by atoms with Gasteiger partial charge in [-0.15, -0.1) is 0 Å². The summed E-state index contributed by atoms with van der Waals surface area (Å²) in [5, 5.41) is 0. The number of carbonyl (C=O) groups excluding carboxylic acids is 1. The molecule has 22 heavy (non-hydrogen) atoms. The van der Waals surface area contributed by atoms with Gasteiger partial charge in [0.25, 0.3) is 5.91 Å². The van der Waals surface area contributed by atoms with E-state index in [4.69, 9.17) is 4.74 Å². The van der Waals surface area contributed by atoms with Gasteiger partial charge < -0.3 is 9.64 Å². The van der Waals surface area contributed by atoms with Gasteiger partial charge in [-0.3, -0.25) is 4.79 Å². The zero-order chi connectivity index (χ0) is 15.9. The van der Waals surface area contributed by atoms with Crippen LogP contribution in [-0.2, 0) is 24.3 Å². The molecule has 0 aliphatic carbocycles. The minimum Gasteiger partial charge on any atom is -0.380 e. The van der Waals surface area contributed by atoms with Crippen molar-refractivity contribution in [3.05, 3.63) is 70.8 Å². The fourth-order valence-corrected chi connectivity index (χ4v) is 2.41. The van der Waals surface area contributed by atoms with E-state index in [2.05, 4.69) is 31.2 Å². The molecule has 0 fully saturated rings. The van der Waals surface area contributed by atoms with Gasteiger partial charge in [-0.25, -0.2) is 0 Å². The second-order valence-electron chi connectivity index (χ2n) is 5.46. The van der Waals surface area contributed by atoms with E-state index in [1.165, 1.54) is 5.56 Å². The van der Waals surface area contributed by atoms with E-state index < -0.39 is 0 Å². The maximum Gasteiger partial charge on any atom is 0.253 e. The maximum atomic E-state index is 12.5. The summed E-state index contributed by atoms with van der Waals surface area (Å²) < 4.78 is 5.12. The minimum atomic E-state index is 0.0255. The van der Waals surface area contributed by atoms with Crippen LogP contribution >= 0.6 is 0 Å². The summed E-state index contributed by atoms with van der Waals surface area (Å²) in [5.74, 6) is 0.0255. The quantitative estimate of drug-likeness (QED) is 0.814. The molecule has 0 aromatic heterocycles. The number of ether oxygens (including phenoxy) is 1. The summed E-state index contributed by atoms with van der Waals surface area (Å²) in [6.45, 7) is 3.26. The topological polar surface area (TPSA) is 29.5 Å². The Bertz CT molecular complexity index is 620. The maximum absolute atomic E-state index is 12.5. The predicted octanol–water partition coefficient (Wildman–Crippen LogP) is 3.67. The highest BCUT2D eigenvalue weighted by Gasteiger charge is 2.12. The van der Waals surface area contributed by atoms with E-state index in [-0.39, 0.29) is 5.91 Å². The number of amides is 1. The molecule has 0 atom stereocenters. The van der Waals surface area contributed by atoms with Crippen molar-refractivity contribution in [1.29, 1.82) is 0 Å². The van der Waals surface area contributed by atoms with E-state index >= 15 is 0 Å². The van der Waals surface area contributed by atoms with Crippen LogP contribution in [-0.4, -0.2) is 25.0 Å². The van der Waals surface area contributed by atoms with Gasteiger partial charge in [0, 0.05) is 26.3 Å². The van der Waals surface area contributed by atoms with Gasteiger partial charge in [0.1, 0.15) is 0 Å². The summed E-state index contributed by atoms with van der Waals surface area (Å²) in [7, 11) is 3.49. The zero-order valence-corrected chi connectivity index (χ0v) is 13.5. The first-order chi connectivity index (χ1) is 10.6. The summed E-state index contributed by atoms with van der Waals surface area (Å²) >= 11 is 0. The Balaban J connectivity index is 2.06. The van der Waals surface area contributed by atoms with E-state index in [1.807, 2.05) is 31.3 Å². The molecule has 1 amide bonds. The molecule has 2 rings (SSSR count). The van der Waals surface area contributed by atoms with Crippen LogP contribution in [0.25, 0.3) is 0 Å². The summed E-state index contributed by atoms with van der Waals surface area (Å²) in [6, 6.07) is 16.0. The van der Waals surface area contributed by atoms with E-state index in [1.54, 1.807) is 12.0 Å². The zero-order valence-electron chi connectivity index (χ0n) is 13.5. The Kier molecular flexibility index (Phi) is 5.73. The second kappa shape index (κ2) is 7.76. The van der Waals surface area contributed by atoms with Crippen LogP contribution in [0.4, 0.5) is 0 Å². The van der Waals surface area contributed by atoms with Crippen LogP contribution in [0.3, 0.4) is 0 Å². The molecule has 0 unspecified atom stereocenters. The van der Waals surface area contributed by atoms with Gasteiger partial charge >= 0.3 is 0 Å². The Morgan fingerprint density at radius 3 is 2.36 bits per heavy atom. The molecular weight excluding hydrogens is 274 g/mol. The largest absolute Gasteiger partial charge is 0.380 e. The lowest BCUT2D eigenvalue weighted by molar-refractivity contribution is 0.0784. The van der Waals surface area contributed by atoms with Crippen LogP contribution in [0.1, 0.15) is 34.0 Å². The highest BCUT2D eigenvalue weighted by Crippen LogP contribution is 2.12. The van der Waals surface area contributed by atoms with Crippen molar-refractivity contribution in [3.8, 4) is 0 Å². The van der Waals surface area contributed by atoms with Crippen molar-refractivity contribution in [2.75, 3.05) is 14.2 Å². The van der Waals surface area contributed by atoms with Crippen molar-refractivity contribution >= 4 is 5.91 Å². The fraction of sp³-hybridized carbons (Fsp3) is 0.316. The van der Waals surface area contributed by atoms with Crippen molar-refractivity contribution in [2.45, 2.75) is 26.5 Å². The SMILES string of the molecule is CCc1ccc(CN(C)C(=O)c2cccc(COC)c2)cc1. The molecular formula is C19H23NO2. The lowest BCUT2D eigenvalue weighted by Crippen LogP contribution is -2.26. The number of nitrogens with zero attached hydrogens (tertiary/aromatic N) is 1. The van der Waals surface area contributed by atoms with Crippen LogP contribution < -0.4 is 0 Å². The molecule has 0 saturated carbocycles. The number of rotatable bonds is 6. The number of aryl methyl sites for hydroxylation is 1. The third-order valence-corrected chi connectivity index (χ3v) is 3.68. The lowest BCUT2D eigenvalue weighted by Gasteiger charge is -2.18. The molecule has 0 N–H and O–H groups in total. The van der Waals surface area contributed by atoms with Crippen LogP contribution in [0.5, 0.6) is 0 Å². The first-order valence-electron chi connectivity index (χ1n) is 7.55. The fourth-order valence-electron chi connectivity index (χ4n) is 2.41. The van der Waals surface area contributed by atoms with Gasteiger partial charge in [-0.05, 0) is 35.2 Å². The lowest BCUT2D eigenvalue weighted by atomic mass is 10.1. The molecule has 0 heterocycles. The first-order valence-corrected chi connectivity index (χ1v) is 7.55. The van der Waals surface area contributed by atoms with Crippen LogP contribution in [0.15, 0.2) is 48.5 Å². The first kappa shape index (κ1) is 16.2. The molecule has 116 valence electrons. The number of hydrogen-bond donors (Lipinski definition) is 0. The van der Waals surface area contributed by atoms with E-state index in [0.29, 0.717) is 18.7 Å². The highest BCUT2D eigenvalue weighted by atomic mass is 16.5. The van der Waals surface area contributed by atoms with Crippen molar-refractivity contribution in [2.24, 2.45) is 0 Å². The molecule has 0 spiro atoms. The van der Waals surface area contributed by atoms with Crippen LogP contribution in [0, 0.1) is 0 Å². The number of methoxy groups -OCH3 is 1. The third-order valence-electron chi connectivity index (χ3n) is 3.68. The monoisotopic (exact) mass is 297 g/mol. The van der Waals surface area contributed by atoms with Gasteiger partial charge in [0.15, 0.2) is 0 Å². The summed E-state index contributed by atoms with van der Waals surface area (Å²) in [6.07, 6.45) is 1.03. The summed E-state index contributed by atoms with van der Waals surface area (Å²) in [4.78, 5) is 14.3. The van der Waals surface area contributed by atoms with E-state index in [9.17, 15) is 4.79 Å². The normalized spacial score (nSPS) is 10.5. The molecule has 2 aromatic carbocycles. The number of benzene rings is 2. The highest BCUT2D eigenvalue weighted by molar-refractivity contribution is 5.94. The number of hydrogen-bond acceptors (Lipinski definition) is 2. The smallest absolute Gasteiger partial charge is 0.253 e. The Labute approximate surface area is 132 Å². The predicted molar refractivity (Wildman–Crippen MR) is 88.8 cm³/mol. The minimum absolute atomic E-state index is 0.0255. The second-order valence-corrected chi connectivity index (χ2v) is 5.46. The van der Waals surface area contributed by atoms with Crippen molar-refractivity contribution < 1.29 is 9.53 Å².